The first-order valence-corrected chi connectivity index (χ1v) is 7.25. The van der Waals surface area contributed by atoms with Crippen LogP contribution in [0.4, 0.5) is 4.79 Å². The molecule has 0 atom stereocenters. The topological polar surface area (TPSA) is 32.8 Å². The molecule has 0 saturated carbocycles. The van der Waals surface area contributed by atoms with Crippen LogP contribution in [0.15, 0.2) is 0 Å². The Labute approximate surface area is 111 Å². The summed E-state index contributed by atoms with van der Waals surface area (Å²) in [5, 5.41) is 0. The lowest BCUT2D eigenvalue weighted by molar-refractivity contribution is 0.132. The molecular formula is C14H28N2O2. The summed E-state index contributed by atoms with van der Waals surface area (Å²) >= 11 is 0. The summed E-state index contributed by atoms with van der Waals surface area (Å²) in [5.74, 6) is 0. The lowest BCUT2D eigenvalue weighted by Gasteiger charge is -2.26. The number of hydrogen-bond donors (Lipinski definition) is 0. The number of carbonyl (C=O) groups excluding carboxylic acids is 1. The molecule has 106 valence electrons. The molecule has 1 heterocycles. The standard InChI is InChI=1S/C14H28N2O2/c1-15(14(17)18-2)10-6-3-4-7-11-16-12-8-5-9-13-16/h3-13H2,1-2H3. The van der Waals surface area contributed by atoms with Crippen molar-refractivity contribution in [1.29, 1.82) is 0 Å². The Morgan fingerprint density at radius 2 is 1.78 bits per heavy atom. The van der Waals surface area contributed by atoms with Crippen molar-refractivity contribution in [2.75, 3.05) is 40.3 Å². The highest BCUT2D eigenvalue weighted by atomic mass is 16.5. The molecule has 0 aromatic rings. The van der Waals surface area contributed by atoms with Gasteiger partial charge in [-0.15, -0.1) is 0 Å². The van der Waals surface area contributed by atoms with Gasteiger partial charge in [-0.25, -0.2) is 4.79 Å². The van der Waals surface area contributed by atoms with Gasteiger partial charge in [-0.3, -0.25) is 0 Å². The fourth-order valence-corrected chi connectivity index (χ4v) is 2.47. The van der Waals surface area contributed by atoms with Crippen molar-refractivity contribution in [2.45, 2.75) is 44.9 Å². The van der Waals surface area contributed by atoms with Gasteiger partial charge in [0.25, 0.3) is 0 Å². The maximum Gasteiger partial charge on any atom is 0.409 e. The zero-order chi connectivity index (χ0) is 13.2. The lowest BCUT2D eigenvalue weighted by Crippen LogP contribution is -2.30. The molecular weight excluding hydrogens is 228 g/mol. The third kappa shape index (κ3) is 6.24. The van der Waals surface area contributed by atoms with Gasteiger partial charge in [0.05, 0.1) is 7.11 Å². The maximum atomic E-state index is 11.1. The number of hydrogen-bond acceptors (Lipinski definition) is 3. The largest absolute Gasteiger partial charge is 0.453 e. The minimum Gasteiger partial charge on any atom is -0.453 e. The molecule has 1 amide bonds. The number of methoxy groups -OCH3 is 1. The average Bonchev–Trinajstić information content (AvgIpc) is 2.42. The van der Waals surface area contributed by atoms with Crippen LogP contribution in [0.1, 0.15) is 44.9 Å². The number of nitrogens with zero attached hydrogens (tertiary/aromatic N) is 2. The van der Waals surface area contributed by atoms with Gasteiger partial charge in [-0.1, -0.05) is 19.3 Å². The first-order chi connectivity index (χ1) is 8.74. The Morgan fingerprint density at radius 3 is 2.44 bits per heavy atom. The minimum absolute atomic E-state index is 0.233. The molecule has 4 heteroatoms. The molecule has 0 bridgehead atoms. The van der Waals surface area contributed by atoms with E-state index in [2.05, 4.69) is 9.64 Å². The smallest absolute Gasteiger partial charge is 0.409 e. The summed E-state index contributed by atoms with van der Waals surface area (Å²) in [4.78, 5) is 15.4. The van der Waals surface area contributed by atoms with Crippen molar-refractivity contribution in [2.24, 2.45) is 0 Å². The van der Waals surface area contributed by atoms with Crippen molar-refractivity contribution in [3.05, 3.63) is 0 Å². The highest BCUT2D eigenvalue weighted by Gasteiger charge is 2.09. The van der Waals surface area contributed by atoms with E-state index in [1.165, 1.54) is 65.3 Å². The van der Waals surface area contributed by atoms with Gasteiger partial charge in [0.1, 0.15) is 0 Å². The highest BCUT2D eigenvalue weighted by Crippen LogP contribution is 2.10. The monoisotopic (exact) mass is 256 g/mol. The molecule has 4 nitrogen and oxygen atoms in total. The number of piperidine rings is 1. The van der Waals surface area contributed by atoms with Gasteiger partial charge in [0, 0.05) is 13.6 Å². The van der Waals surface area contributed by atoms with Crippen LogP contribution in [0, 0.1) is 0 Å². The average molecular weight is 256 g/mol. The highest BCUT2D eigenvalue weighted by molar-refractivity contribution is 5.66. The fraction of sp³-hybridized carbons (Fsp3) is 0.929. The molecule has 0 N–H and O–H groups in total. The second kappa shape index (κ2) is 9.20. The Morgan fingerprint density at radius 1 is 1.11 bits per heavy atom. The molecule has 0 radical (unpaired) electrons. The minimum atomic E-state index is -0.233. The molecule has 0 aliphatic carbocycles. The summed E-state index contributed by atoms with van der Waals surface area (Å²) in [6.45, 7) is 4.65. The van der Waals surface area contributed by atoms with Crippen molar-refractivity contribution in [3.63, 3.8) is 0 Å². The van der Waals surface area contributed by atoms with Crippen LogP contribution in [-0.2, 0) is 4.74 Å². The zero-order valence-electron chi connectivity index (χ0n) is 12.0. The van der Waals surface area contributed by atoms with E-state index < -0.39 is 0 Å². The number of rotatable bonds is 7. The summed E-state index contributed by atoms with van der Waals surface area (Å²) < 4.78 is 4.65. The Balaban J connectivity index is 1.90. The molecule has 0 aromatic carbocycles. The fourth-order valence-electron chi connectivity index (χ4n) is 2.47. The van der Waals surface area contributed by atoms with E-state index in [-0.39, 0.29) is 6.09 Å². The van der Waals surface area contributed by atoms with Gasteiger partial charge in [0.2, 0.25) is 0 Å². The van der Waals surface area contributed by atoms with E-state index in [0.29, 0.717) is 0 Å². The number of unbranched alkanes of at least 4 members (excludes halogenated alkanes) is 3. The van der Waals surface area contributed by atoms with Crippen LogP contribution in [-0.4, -0.2) is 56.2 Å². The molecule has 1 saturated heterocycles. The second-order valence-corrected chi connectivity index (χ2v) is 5.21. The first kappa shape index (κ1) is 15.3. The van der Waals surface area contributed by atoms with E-state index in [9.17, 15) is 4.79 Å². The molecule has 0 aromatic heterocycles. The van der Waals surface area contributed by atoms with Crippen LogP contribution in [0.3, 0.4) is 0 Å². The van der Waals surface area contributed by atoms with Crippen LogP contribution >= 0.6 is 0 Å². The molecule has 1 rings (SSSR count). The Bertz CT molecular complexity index is 228. The van der Waals surface area contributed by atoms with Crippen molar-refractivity contribution in [3.8, 4) is 0 Å². The Hall–Kier alpha value is -0.770. The van der Waals surface area contributed by atoms with Gasteiger partial charge >= 0.3 is 6.09 Å². The second-order valence-electron chi connectivity index (χ2n) is 5.21. The summed E-state index contributed by atoms with van der Waals surface area (Å²) in [6.07, 6.45) is 8.78. The van der Waals surface area contributed by atoms with E-state index in [4.69, 9.17) is 0 Å². The Kier molecular flexibility index (Phi) is 7.81. The van der Waals surface area contributed by atoms with Crippen molar-refractivity contribution in [1.82, 2.24) is 9.80 Å². The van der Waals surface area contributed by atoms with Gasteiger partial charge in [-0.2, -0.15) is 0 Å². The predicted octanol–water partition coefficient (Wildman–Crippen LogP) is 2.73. The van der Waals surface area contributed by atoms with Gasteiger partial charge in [0.15, 0.2) is 0 Å². The third-order valence-corrected chi connectivity index (χ3v) is 3.65. The van der Waals surface area contributed by atoms with E-state index in [1.807, 2.05) is 0 Å². The van der Waals surface area contributed by atoms with Gasteiger partial charge < -0.3 is 14.5 Å². The normalized spacial score (nSPS) is 16.6. The molecule has 0 spiro atoms. The quantitative estimate of drug-likeness (QED) is 0.657. The summed E-state index contributed by atoms with van der Waals surface area (Å²) in [6, 6.07) is 0. The molecule has 0 unspecified atom stereocenters. The molecule has 1 aliphatic rings. The van der Waals surface area contributed by atoms with E-state index >= 15 is 0 Å². The molecule has 1 aliphatic heterocycles. The summed E-state index contributed by atoms with van der Waals surface area (Å²) in [5.41, 5.74) is 0. The number of likely N-dealkylation sites (tertiary alicyclic amines) is 1. The molecule has 1 fully saturated rings. The number of amides is 1. The van der Waals surface area contributed by atoms with E-state index in [1.54, 1.807) is 11.9 Å². The maximum absolute atomic E-state index is 11.1. The zero-order valence-corrected chi connectivity index (χ0v) is 12.0. The lowest BCUT2D eigenvalue weighted by atomic mass is 10.1. The van der Waals surface area contributed by atoms with Crippen molar-refractivity contribution < 1.29 is 9.53 Å². The van der Waals surface area contributed by atoms with Crippen LogP contribution in [0.5, 0.6) is 0 Å². The third-order valence-electron chi connectivity index (χ3n) is 3.65. The SMILES string of the molecule is COC(=O)N(C)CCCCCCN1CCCCC1. The first-order valence-electron chi connectivity index (χ1n) is 7.25. The predicted molar refractivity (Wildman–Crippen MR) is 73.8 cm³/mol. The van der Waals surface area contributed by atoms with Crippen LogP contribution in [0.2, 0.25) is 0 Å². The van der Waals surface area contributed by atoms with Gasteiger partial charge in [-0.05, 0) is 45.3 Å². The number of carbonyl (C=O) groups is 1. The van der Waals surface area contributed by atoms with Crippen LogP contribution < -0.4 is 0 Å². The van der Waals surface area contributed by atoms with E-state index in [0.717, 1.165) is 13.0 Å². The number of ether oxygens (including phenoxy) is 1. The van der Waals surface area contributed by atoms with Crippen LogP contribution in [0.25, 0.3) is 0 Å². The summed E-state index contributed by atoms with van der Waals surface area (Å²) in [7, 11) is 3.22. The molecule has 18 heavy (non-hydrogen) atoms. The van der Waals surface area contributed by atoms with Crippen molar-refractivity contribution >= 4 is 6.09 Å².